The Kier molecular flexibility index (Phi) is 6.53. The summed E-state index contributed by atoms with van der Waals surface area (Å²) in [5, 5.41) is 5.59. The average Bonchev–Trinajstić information content (AvgIpc) is 2.93. The van der Waals surface area contributed by atoms with Crippen molar-refractivity contribution in [3.63, 3.8) is 0 Å². The molecule has 2 unspecified atom stereocenters. The van der Waals surface area contributed by atoms with Crippen molar-refractivity contribution >= 4 is 17.6 Å². The van der Waals surface area contributed by atoms with Crippen molar-refractivity contribution in [3.05, 3.63) is 35.9 Å². The first-order valence-electron chi connectivity index (χ1n) is 9.02. The lowest BCUT2D eigenvalue weighted by Gasteiger charge is -2.28. The number of nitrogens with one attached hydrogen (secondary N) is 2. The fourth-order valence-electron chi connectivity index (χ4n) is 3.02. The quantitative estimate of drug-likeness (QED) is 0.813. The molecule has 2 rings (SSSR count). The Morgan fingerprint density at radius 3 is 2.46 bits per heavy atom. The Balaban J connectivity index is 2.12. The van der Waals surface area contributed by atoms with E-state index in [4.69, 9.17) is 4.74 Å². The van der Waals surface area contributed by atoms with Gasteiger partial charge in [0.15, 0.2) is 5.78 Å². The van der Waals surface area contributed by atoms with E-state index >= 15 is 0 Å². The number of hydrogen-bond donors (Lipinski definition) is 2. The minimum absolute atomic E-state index is 0.0176. The lowest BCUT2D eigenvalue weighted by Crippen LogP contribution is -2.54. The monoisotopic (exact) mass is 360 g/mol. The highest BCUT2D eigenvalue weighted by Crippen LogP contribution is 2.22. The van der Waals surface area contributed by atoms with Crippen LogP contribution in [0, 0.1) is 5.41 Å². The van der Waals surface area contributed by atoms with Gasteiger partial charge in [0, 0.05) is 5.56 Å². The van der Waals surface area contributed by atoms with Crippen LogP contribution in [0.25, 0.3) is 0 Å². The molecular weight excluding hydrogens is 332 g/mol. The van der Waals surface area contributed by atoms with Gasteiger partial charge >= 0.3 is 0 Å². The number of carbonyl (C=O) groups excluding carboxylic acids is 3. The molecule has 1 aliphatic heterocycles. The Labute approximate surface area is 154 Å². The zero-order valence-corrected chi connectivity index (χ0v) is 15.9. The fourth-order valence-corrected chi connectivity index (χ4v) is 3.02. The molecule has 1 heterocycles. The molecule has 1 aromatic carbocycles. The Bertz CT molecular complexity index is 652. The molecular formula is C20H28N2O4. The molecule has 2 amide bonds. The lowest BCUT2D eigenvalue weighted by molar-refractivity contribution is -0.128. The highest BCUT2D eigenvalue weighted by Gasteiger charge is 2.37. The minimum Gasteiger partial charge on any atom is -0.368 e. The van der Waals surface area contributed by atoms with E-state index in [1.54, 1.807) is 24.3 Å². The maximum Gasteiger partial charge on any atom is 0.251 e. The molecule has 1 aromatic rings. The van der Waals surface area contributed by atoms with Crippen molar-refractivity contribution in [2.45, 2.75) is 58.7 Å². The smallest absolute Gasteiger partial charge is 0.251 e. The second kappa shape index (κ2) is 8.45. The van der Waals surface area contributed by atoms with E-state index in [9.17, 15) is 14.4 Å². The van der Waals surface area contributed by atoms with Crippen LogP contribution >= 0.6 is 0 Å². The number of carbonyl (C=O) groups is 3. The molecule has 1 fully saturated rings. The summed E-state index contributed by atoms with van der Waals surface area (Å²) >= 11 is 0. The Morgan fingerprint density at radius 1 is 1.23 bits per heavy atom. The summed E-state index contributed by atoms with van der Waals surface area (Å²) in [6.45, 7) is 7.93. The predicted molar refractivity (Wildman–Crippen MR) is 98.7 cm³/mol. The summed E-state index contributed by atoms with van der Waals surface area (Å²) in [5.41, 5.74) is 0.317. The molecule has 0 aromatic heterocycles. The largest absolute Gasteiger partial charge is 0.368 e. The van der Waals surface area contributed by atoms with Gasteiger partial charge in [0.2, 0.25) is 5.91 Å². The molecule has 142 valence electrons. The molecule has 0 aliphatic carbocycles. The van der Waals surface area contributed by atoms with Crippen molar-refractivity contribution in [1.29, 1.82) is 0 Å². The van der Waals surface area contributed by atoms with Gasteiger partial charge in [0.05, 0.1) is 6.10 Å². The van der Waals surface area contributed by atoms with Crippen LogP contribution in [0.3, 0.4) is 0 Å². The molecule has 0 spiro atoms. The van der Waals surface area contributed by atoms with Crippen LogP contribution in [-0.4, -0.2) is 42.4 Å². The van der Waals surface area contributed by atoms with Crippen LogP contribution in [0.15, 0.2) is 30.3 Å². The van der Waals surface area contributed by atoms with Gasteiger partial charge in [-0.05, 0) is 30.4 Å². The van der Waals surface area contributed by atoms with Crippen molar-refractivity contribution in [2.24, 2.45) is 5.41 Å². The van der Waals surface area contributed by atoms with Gasteiger partial charge in [0.1, 0.15) is 18.7 Å². The third-order valence-corrected chi connectivity index (χ3v) is 4.33. The summed E-state index contributed by atoms with van der Waals surface area (Å²) in [7, 11) is 0. The Hall–Kier alpha value is -2.21. The number of hydrogen-bond acceptors (Lipinski definition) is 4. The van der Waals surface area contributed by atoms with Gasteiger partial charge < -0.3 is 15.4 Å². The van der Waals surface area contributed by atoms with Crippen LogP contribution in [0.1, 0.15) is 50.9 Å². The van der Waals surface area contributed by atoms with Gasteiger partial charge in [-0.2, -0.15) is 0 Å². The van der Waals surface area contributed by atoms with Crippen LogP contribution in [-0.2, 0) is 14.3 Å². The van der Waals surface area contributed by atoms with E-state index in [1.165, 1.54) is 0 Å². The summed E-state index contributed by atoms with van der Waals surface area (Å²) < 4.78 is 5.41. The van der Waals surface area contributed by atoms with Gasteiger partial charge in [-0.3, -0.25) is 14.4 Å². The van der Waals surface area contributed by atoms with Gasteiger partial charge in [-0.15, -0.1) is 0 Å². The van der Waals surface area contributed by atoms with Crippen molar-refractivity contribution in [3.8, 4) is 0 Å². The highest BCUT2D eigenvalue weighted by molar-refractivity contribution is 5.98. The number of rotatable bonds is 6. The van der Waals surface area contributed by atoms with Gasteiger partial charge in [-0.25, -0.2) is 0 Å². The number of Topliss-reactive ketones (excluding diaryl/α,β-unsaturated/α-hetero) is 1. The van der Waals surface area contributed by atoms with E-state index < -0.39 is 12.1 Å². The highest BCUT2D eigenvalue weighted by atomic mass is 16.5. The van der Waals surface area contributed by atoms with Crippen LogP contribution in [0.2, 0.25) is 0 Å². The topological polar surface area (TPSA) is 84.5 Å². The molecule has 0 saturated carbocycles. The van der Waals surface area contributed by atoms with Crippen molar-refractivity contribution < 1.29 is 19.1 Å². The molecule has 2 N–H and O–H groups in total. The first-order valence-corrected chi connectivity index (χ1v) is 9.02. The van der Waals surface area contributed by atoms with E-state index in [0.717, 1.165) is 0 Å². The lowest BCUT2D eigenvalue weighted by atomic mass is 9.87. The molecule has 0 bridgehead atoms. The standard InChI is InChI=1S/C20H28N2O4/c1-5-16-17(15(23)12-26-16)22-19(25)14(11-20(2,3)4)21-18(24)13-9-7-6-8-10-13/h6-10,14,16-17H,5,11-12H2,1-4H3,(H,21,24)(H,22,25)/t14-,16?,17?/m0/s1. The zero-order valence-electron chi connectivity index (χ0n) is 15.9. The average molecular weight is 360 g/mol. The van der Waals surface area contributed by atoms with Crippen molar-refractivity contribution in [1.82, 2.24) is 10.6 Å². The third-order valence-electron chi connectivity index (χ3n) is 4.33. The number of ether oxygens (including phenoxy) is 1. The second-order valence-electron chi connectivity index (χ2n) is 7.87. The molecule has 6 heteroatoms. The number of ketones is 1. The molecule has 0 radical (unpaired) electrons. The molecule has 26 heavy (non-hydrogen) atoms. The Morgan fingerprint density at radius 2 is 1.88 bits per heavy atom. The number of benzene rings is 1. The van der Waals surface area contributed by atoms with Crippen LogP contribution in [0.4, 0.5) is 0 Å². The van der Waals surface area contributed by atoms with Crippen LogP contribution in [0.5, 0.6) is 0 Å². The SMILES string of the molecule is CCC1OCC(=O)C1NC(=O)[C@H](CC(C)(C)C)NC(=O)c1ccccc1. The predicted octanol–water partition coefficient (Wildman–Crippen LogP) is 2.08. The van der Waals surface area contributed by atoms with Gasteiger partial charge in [-0.1, -0.05) is 45.9 Å². The molecule has 1 aliphatic rings. The molecule has 1 saturated heterocycles. The second-order valence-corrected chi connectivity index (χ2v) is 7.87. The van der Waals surface area contributed by atoms with E-state index in [0.29, 0.717) is 18.4 Å². The summed E-state index contributed by atoms with van der Waals surface area (Å²) in [6.07, 6.45) is 0.777. The van der Waals surface area contributed by atoms with Crippen LogP contribution < -0.4 is 10.6 Å². The summed E-state index contributed by atoms with van der Waals surface area (Å²) in [4.78, 5) is 37.3. The maximum absolute atomic E-state index is 12.8. The van der Waals surface area contributed by atoms with Crippen molar-refractivity contribution in [2.75, 3.05) is 6.61 Å². The first-order chi connectivity index (χ1) is 12.2. The zero-order chi connectivity index (χ0) is 19.3. The first kappa shape index (κ1) is 20.1. The third kappa shape index (κ3) is 5.39. The van der Waals surface area contributed by atoms with E-state index in [2.05, 4.69) is 10.6 Å². The minimum atomic E-state index is -0.728. The maximum atomic E-state index is 12.8. The summed E-state index contributed by atoms with van der Waals surface area (Å²) in [6, 6.07) is 7.39. The van der Waals surface area contributed by atoms with Gasteiger partial charge in [0.25, 0.3) is 5.91 Å². The molecule has 6 nitrogen and oxygen atoms in total. The summed E-state index contributed by atoms with van der Waals surface area (Å²) in [5.74, 6) is -0.795. The van der Waals surface area contributed by atoms with E-state index in [-0.39, 0.29) is 35.7 Å². The molecule has 3 atom stereocenters. The number of amides is 2. The normalized spacial score (nSPS) is 21.3. The van der Waals surface area contributed by atoms with E-state index in [1.807, 2.05) is 33.8 Å². The fraction of sp³-hybridized carbons (Fsp3) is 0.550.